The second-order valence-corrected chi connectivity index (χ2v) is 6.57. The number of ether oxygens (including phenoxy) is 4. The average molecular weight is 421 g/mol. The molecule has 0 aliphatic carbocycles. The molecule has 3 rings (SSSR count). The molecule has 0 atom stereocenters. The lowest BCUT2D eigenvalue weighted by molar-refractivity contribution is 0.102. The summed E-state index contributed by atoms with van der Waals surface area (Å²) in [6, 6.07) is 23.9. The third kappa shape index (κ3) is 7.68. The number of para-hydroxylation sites is 1. The lowest BCUT2D eigenvalue weighted by Gasteiger charge is -2.11. The van der Waals surface area contributed by atoms with Crippen LogP contribution in [0.5, 0.6) is 17.2 Å². The SMILES string of the molecule is CCOCCOc1cccc(C(=O)Nc2cccc(OCCOc3ccccc3)c2)c1. The van der Waals surface area contributed by atoms with E-state index in [1.807, 2.05) is 61.5 Å². The van der Waals surface area contributed by atoms with Crippen molar-refractivity contribution < 1.29 is 23.7 Å². The summed E-state index contributed by atoms with van der Waals surface area (Å²) in [5.41, 5.74) is 1.16. The monoisotopic (exact) mass is 421 g/mol. The Morgan fingerprint density at radius 2 is 1.32 bits per heavy atom. The van der Waals surface area contributed by atoms with E-state index in [4.69, 9.17) is 18.9 Å². The normalized spacial score (nSPS) is 10.4. The predicted octanol–water partition coefficient (Wildman–Crippen LogP) is 4.81. The zero-order chi connectivity index (χ0) is 21.7. The van der Waals surface area contributed by atoms with Crippen molar-refractivity contribution >= 4 is 11.6 Å². The fraction of sp³-hybridized carbons (Fsp3) is 0.240. The van der Waals surface area contributed by atoms with Gasteiger partial charge in [-0.3, -0.25) is 4.79 Å². The fourth-order valence-corrected chi connectivity index (χ4v) is 2.79. The summed E-state index contributed by atoms with van der Waals surface area (Å²) >= 11 is 0. The third-order valence-corrected chi connectivity index (χ3v) is 4.25. The van der Waals surface area contributed by atoms with Gasteiger partial charge in [0, 0.05) is 23.9 Å². The third-order valence-electron chi connectivity index (χ3n) is 4.25. The van der Waals surface area contributed by atoms with Crippen molar-refractivity contribution in [3.8, 4) is 17.2 Å². The first kappa shape index (κ1) is 22.2. The van der Waals surface area contributed by atoms with Crippen LogP contribution in [0.3, 0.4) is 0 Å². The number of hydrogen-bond donors (Lipinski definition) is 1. The minimum Gasteiger partial charge on any atom is -0.491 e. The van der Waals surface area contributed by atoms with Crippen LogP contribution in [0, 0.1) is 0 Å². The molecule has 6 heteroatoms. The second-order valence-electron chi connectivity index (χ2n) is 6.57. The number of nitrogens with one attached hydrogen (secondary N) is 1. The van der Waals surface area contributed by atoms with Crippen LogP contribution in [0.25, 0.3) is 0 Å². The lowest BCUT2D eigenvalue weighted by atomic mass is 10.2. The molecule has 1 N–H and O–H groups in total. The van der Waals surface area contributed by atoms with Crippen molar-refractivity contribution in [3.63, 3.8) is 0 Å². The van der Waals surface area contributed by atoms with Crippen LogP contribution in [-0.4, -0.2) is 38.9 Å². The van der Waals surface area contributed by atoms with Gasteiger partial charge in [0.25, 0.3) is 5.91 Å². The minimum atomic E-state index is -0.222. The van der Waals surface area contributed by atoms with Gasteiger partial charge in [-0.1, -0.05) is 30.3 Å². The summed E-state index contributed by atoms with van der Waals surface area (Å²) in [5, 5.41) is 2.89. The van der Waals surface area contributed by atoms with Crippen LogP contribution in [0.2, 0.25) is 0 Å². The first-order chi connectivity index (χ1) is 15.2. The molecule has 6 nitrogen and oxygen atoms in total. The minimum absolute atomic E-state index is 0.222. The molecule has 0 spiro atoms. The van der Waals surface area contributed by atoms with Crippen molar-refractivity contribution in [1.82, 2.24) is 0 Å². The molecular formula is C25H27NO5. The summed E-state index contributed by atoms with van der Waals surface area (Å²) in [5.74, 6) is 1.86. The molecule has 0 fully saturated rings. The number of carbonyl (C=O) groups excluding carboxylic acids is 1. The summed E-state index contributed by atoms with van der Waals surface area (Å²) in [6.07, 6.45) is 0. The largest absolute Gasteiger partial charge is 0.491 e. The van der Waals surface area contributed by atoms with Gasteiger partial charge in [0.15, 0.2) is 0 Å². The molecule has 31 heavy (non-hydrogen) atoms. The van der Waals surface area contributed by atoms with Crippen LogP contribution in [0.15, 0.2) is 78.9 Å². The van der Waals surface area contributed by atoms with E-state index in [-0.39, 0.29) is 5.91 Å². The number of amides is 1. The zero-order valence-corrected chi connectivity index (χ0v) is 17.6. The molecule has 1 amide bonds. The molecule has 0 aliphatic heterocycles. The van der Waals surface area contributed by atoms with E-state index in [1.165, 1.54) is 0 Å². The van der Waals surface area contributed by atoms with Crippen LogP contribution >= 0.6 is 0 Å². The van der Waals surface area contributed by atoms with Gasteiger partial charge >= 0.3 is 0 Å². The molecule has 0 bridgehead atoms. The number of carbonyl (C=O) groups is 1. The summed E-state index contributed by atoms with van der Waals surface area (Å²) in [4.78, 5) is 12.6. The van der Waals surface area contributed by atoms with E-state index in [9.17, 15) is 4.79 Å². The highest BCUT2D eigenvalue weighted by molar-refractivity contribution is 6.04. The maximum Gasteiger partial charge on any atom is 0.255 e. The number of anilines is 1. The smallest absolute Gasteiger partial charge is 0.255 e. The Kier molecular flexibility index (Phi) is 8.76. The number of hydrogen-bond acceptors (Lipinski definition) is 5. The van der Waals surface area contributed by atoms with Gasteiger partial charge in [-0.05, 0) is 49.4 Å². The highest BCUT2D eigenvalue weighted by Crippen LogP contribution is 2.20. The molecule has 3 aromatic rings. The fourth-order valence-electron chi connectivity index (χ4n) is 2.79. The standard InChI is InChI=1S/C25H27NO5/c1-2-28-14-15-30-23-12-6-8-20(18-23)25(27)26-21-9-7-13-24(19-21)31-17-16-29-22-10-4-3-5-11-22/h3-13,18-19H,2,14-17H2,1H3,(H,26,27). The van der Waals surface area contributed by atoms with Crippen LogP contribution in [0.4, 0.5) is 5.69 Å². The van der Waals surface area contributed by atoms with Crippen molar-refractivity contribution in [2.45, 2.75) is 6.92 Å². The molecule has 0 aromatic heterocycles. The van der Waals surface area contributed by atoms with Crippen LogP contribution in [-0.2, 0) is 4.74 Å². The van der Waals surface area contributed by atoms with Crippen LogP contribution in [0.1, 0.15) is 17.3 Å². The van der Waals surface area contributed by atoms with Crippen molar-refractivity contribution in [2.75, 3.05) is 38.4 Å². The van der Waals surface area contributed by atoms with Gasteiger partial charge in [0.2, 0.25) is 0 Å². The Hall–Kier alpha value is -3.51. The van der Waals surface area contributed by atoms with Crippen molar-refractivity contribution in [2.24, 2.45) is 0 Å². The summed E-state index contributed by atoms with van der Waals surface area (Å²) in [6.45, 7) is 4.35. The van der Waals surface area contributed by atoms with Gasteiger partial charge in [0.1, 0.15) is 37.1 Å². The molecule has 0 saturated heterocycles. The van der Waals surface area contributed by atoms with Gasteiger partial charge in [-0.2, -0.15) is 0 Å². The molecule has 3 aromatic carbocycles. The van der Waals surface area contributed by atoms with E-state index < -0.39 is 0 Å². The van der Waals surface area contributed by atoms with E-state index in [1.54, 1.807) is 24.3 Å². The highest BCUT2D eigenvalue weighted by Gasteiger charge is 2.08. The Labute approximate surface area is 182 Å². The van der Waals surface area contributed by atoms with Gasteiger partial charge < -0.3 is 24.3 Å². The Balaban J connectivity index is 1.49. The molecule has 0 saturated carbocycles. The maximum atomic E-state index is 12.6. The van der Waals surface area contributed by atoms with Gasteiger partial charge in [-0.25, -0.2) is 0 Å². The summed E-state index contributed by atoms with van der Waals surface area (Å²) < 4.78 is 22.2. The molecular weight excluding hydrogens is 394 g/mol. The van der Waals surface area contributed by atoms with E-state index in [0.717, 1.165) is 5.75 Å². The average Bonchev–Trinajstić information content (AvgIpc) is 2.81. The second kappa shape index (κ2) is 12.2. The number of benzene rings is 3. The van der Waals surface area contributed by atoms with Crippen LogP contribution < -0.4 is 19.5 Å². The Morgan fingerprint density at radius 1 is 0.710 bits per heavy atom. The van der Waals surface area contributed by atoms with Crippen molar-refractivity contribution in [1.29, 1.82) is 0 Å². The van der Waals surface area contributed by atoms with E-state index in [0.29, 0.717) is 55.8 Å². The first-order valence-electron chi connectivity index (χ1n) is 10.3. The zero-order valence-electron chi connectivity index (χ0n) is 17.6. The predicted molar refractivity (Wildman–Crippen MR) is 120 cm³/mol. The molecule has 0 unspecified atom stereocenters. The Morgan fingerprint density at radius 3 is 2.06 bits per heavy atom. The topological polar surface area (TPSA) is 66.0 Å². The molecule has 0 radical (unpaired) electrons. The number of rotatable bonds is 12. The maximum absolute atomic E-state index is 12.6. The molecule has 0 aliphatic rings. The summed E-state index contributed by atoms with van der Waals surface area (Å²) in [7, 11) is 0. The first-order valence-corrected chi connectivity index (χ1v) is 10.3. The van der Waals surface area contributed by atoms with E-state index >= 15 is 0 Å². The highest BCUT2D eigenvalue weighted by atomic mass is 16.5. The van der Waals surface area contributed by atoms with Gasteiger partial charge in [0.05, 0.1) is 6.61 Å². The lowest BCUT2D eigenvalue weighted by Crippen LogP contribution is -2.13. The molecule has 162 valence electrons. The molecule has 0 heterocycles. The van der Waals surface area contributed by atoms with Crippen molar-refractivity contribution in [3.05, 3.63) is 84.4 Å². The Bertz CT molecular complexity index is 945. The van der Waals surface area contributed by atoms with E-state index in [2.05, 4.69) is 5.32 Å². The van der Waals surface area contributed by atoms with Gasteiger partial charge in [-0.15, -0.1) is 0 Å². The quantitative estimate of drug-likeness (QED) is 0.425.